The lowest BCUT2D eigenvalue weighted by Crippen LogP contribution is -2.37. The van der Waals surface area contributed by atoms with Crippen molar-refractivity contribution in [3.8, 4) is 22.9 Å². The molecule has 0 spiro atoms. The first-order chi connectivity index (χ1) is 13.6. The molecule has 0 aliphatic rings. The second kappa shape index (κ2) is 9.36. The summed E-state index contributed by atoms with van der Waals surface area (Å²) < 4.78 is 17.2. The van der Waals surface area contributed by atoms with Gasteiger partial charge in [-0.3, -0.25) is 4.79 Å². The Balaban J connectivity index is 1.61. The molecule has 7 nitrogen and oxygen atoms in total. The largest absolute Gasteiger partial charge is 0.493 e. The molecule has 3 rings (SSSR count). The van der Waals surface area contributed by atoms with Gasteiger partial charge < -0.3 is 19.3 Å². The second-order valence-corrected chi connectivity index (χ2v) is 6.82. The maximum atomic E-state index is 12.5. The number of para-hydroxylation sites is 2. The zero-order chi connectivity index (χ0) is 19.9. The molecule has 0 saturated carbocycles. The van der Waals surface area contributed by atoms with Crippen LogP contribution in [-0.4, -0.2) is 29.3 Å². The first kappa shape index (κ1) is 19.9. The molecule has 28 heavy (non-hydrogen) atoms. The molecule has 146 valence electrons. The second-order valence-electron chi connectivity index (χ2n) is 5.91. The Hall–Kier alpha value is -2.87. The number of benzene rings is 2. The van der Waals surface area contributed by atoms with Gasteiger partial charge in [0.15, 0.2) is 17.6 Å². The van der Waals surface area contributed by atoms with Gasteiger partial charge in [-0.25, -0.2) is 0 Å². The number of halogens is 1. The number of hydrogen-bond donors (Lipinski definition) is 1. The molecule has 3 aromatic rings. The van der Waals surface area contributed by atoms with Crippen LogP contribution in [0.5, 0.6) is 11.5 Å². The van der Waals surface area contributed by atoms with Gasteiger partial charge in [0, 0.05) is 10.0 Å². The monoisotopic (exact) mass is 445 g/mol. The third-order valence-corrected chi connectivity index (χ3v) is 4.46. The van der Waals surface area contributed by atoms with Gasteiger partial charge in [0.05, 0.1) is 13.7 Å². The summed E-state index contributed by atoms with van der Waals surface area (Å²) in [6.45, 7) is 1.99. The third-order valence-electron chi connectivity index (χ3n) is 3.97. The van der Waals surface area contributed by atoms with Crippen LogP contribution in [0.25, 0.3) is 11.4 Å². The summed E-state index contributed by atoms with van der Waals surface area (Å²) in [7, 11) is 1.56. The highest BCUT2D eigenvalue weighted by Crippen LogP contribution is 2.27. The predicted octanol–water partition coefficient (Wildman–Crippen LogP) is 3.98. The van der Waals surface area contributed by atoms with Crippen LogP contribution >= 0.6 is 15.9 Å². The molecule has 0 bridgehead atoms. The third kappa shape index (κ3) is 4.89. The minimum Gasteiger partial charge on any atom is -0.493 e. The molecule has 8 heteroatoms. The highest BCUT2D eigenvalue weighted by Gasteiger charge is 2.20. The number of nitrogens with zero attached hydrogens (tertiary/aromatic N) is 2. The molecule has 2 aromatic carbocycles. The molecule has 1 heterocycles. The van der Waals surface area contributed by atoms with E-state index in [1.807, 2.05) is 43.3 Å². The van der Waals surface area contributed by atoms with Crippen molar-refractivity contribution in [2.45, 2.75) is 26.0 Å². The molecular weight excluding hydrogens is 426 g/mol. The zero-order valence-electron chi connectivity index (χ0n) is 15.5. The Morgan fingerprint density at radius 2 is 2.00 bits per heavy atom. The van der Waals surface area contributed by atoms with Crippen LogP contribution in [0.2, 0.25) is 0 Å². The van der Waals surface area contributed by atoms with Gasteiger partial charge in [-0.05, 0) is 30.7 Å². The molecule has 0 radical (unpaired) electrons. The van der Waals surface area contributed by atoms with Gasteiger partial charge in [0.1, 0.15) is 0 Å². The van der Waals surface area contributed by atoms with E-state index in [1.165, 1.54) is 0 Å². The molecule has 1 atom stereocenters. The van der Waals surface area contributed by atoms with Crippen molar-refractivity contribution in [2.75, 3.05) is 7.11 Å². The summed E-state index contributed by atoms with van der Waals surface area (Å²) in [4.78, 5) is 16.8. The molecule has 0 unspecified atom stereocenters. The first-order valence-corrected chi connectivity index (χ1v) is 9.56. The summed E-state index contributed by atoms with van der Waals surface area (Å²) in [5, 5.41) is 6.73. The zero-order valence-corrected chi connectivity index (χ0v) is 17.1. The van der Waals surface area contributed by atoms with E-state index in [0.717, 1.165) is 10.0 Å². The number of rotatable bonds is 8. The number of carbonyl (C=O) groups is 1. The van der Waals surface area contributed by atoms with Gasteiger partial charge in [-0.2, -0.15) is 4.98 Å². The van der Waals surface area contributed by atoms with Crippen LogP contribution in [0.1, 0.15) is 19.2 Å². The number of amides is 1. The van der Waals surface area contributed by atoms with Crippen molar-refractivity contribution in [1.29, 1.82) is 0 Å². The van der Waals surface area contributed by atoms with Crippen LogP contribution in [-0.2, 0) is 11.3 Å². The summed E-state index contributed by atoms with van der Waals surface area (Å²) >= 11 is 3.41. The fraction of sp³-hybridized carbons (Fsp3) is 0.250. The number of aromatic nitrogens is 2. The smallest absolute Gasteiger partial charge is 0.261 e. The lowest BCUT2D eigenvalue weighted by molar-refractivity contribution is -0.128. The highest BCUT2D eigenvalue weighted by molar-refractivity contribution is 9.10. The molecule has 1 aromatic heterocycles. The van der Waals surface area contributed by atoms with Gasteiger partial charge in [0.2, 0.25) is 11.7 Å². The summed E-state index contributed by atoms with van der Waals surface area (Å²) in [6.07, 6.45) is -0.166. The first-order valence-electron chi connectivity index (χ1n) is 8.76. The van der Waals surface area contributed by atoms with Crippen molar-refractivity contribution in [1.82, 2.24) is 15.5 Å². The standard InChI is InChI=1S/C20H20BrN3O4/c1-3-15(27-17-10-5-4-9-16(17)26-2)20(25)22-12-18-23-19(24-28-18)13-7-6-8-14(21)11-13/h4-11,15H,3,12H2,1-2H3,(H,22,25)/t15-/m1/s1. The van der Waals surface area contributed by atoms with Crippen molar-refractivity contribution in [3.05, 3.63) is 58.9 Å². The Bertz CT molecular complexity index is 944. The number of carbonyl (C=O) groups excluding carboxylic acids is 1. The van der Waals surface area contributed by atoms with Crippen LogP contribution in [0, 0.1) is 0 Å². The maximum absolute atomic E-state index is 12.5. The van der Waals surface area contributed by atoms with Crippen LogP contribution in [0.15, 0.2) is 57.5 Å². The molecule has 0 aliphatic heterocycles. The van der Waals surface area contributed by atoms with Crippen molar-refractivity contribution >= 4 is 21.8 Å². The molecule has 0 fully saturated rings. The normalized spacial score (nSPS) is 11.7. The number of nitrogens with one attached hydrogen (secondary N) is 1. The van der Waals surface area contributed by atoms with E-state index in [4.69, 9.17) is 14.0 Å². The minimum absolute atomic E-state index is 0.117. The fourth-order valence-electron chi connectivity index (χ4n) is 2.54. The Morgan fingerprint density at radius 1 is 1.21 bits per heavy atom. The Morgan fingerprint density at radius 3 is 2.71 bits per heavy atom. The van der Waals surface area contributed by atoms with Crippen LogP contribution in [0.3, 0.4) is 0 Å². The van der Waals surface area contributed by atoms with E-state index < -0.39 is 6.10 Å². The van der Waals surface area contributed by atoms with E-state index in [2.05, 4.69) is 31.4 Å². The van der Waals surface area contributed by atoms with E-state index >= 15 is 0 Å². The fourth-order valence-corrected chi connectivity index (χ4v) is 2.94. The molecule has 1 amide bonds. The van der Waals surface area contributed by atoms with E-state index in [9.17, 15) is 4.79 Å². The van der Waals surface area contributed by atoms with Gasteiger partial charge >= 0.3 is 0 Å². The Kier molecular flexibility index (Phi) is 6.65. The lowest BCUT2D eigenvalue weighted by atomic mass is 10.2. The SMILES string of the molecule is CC[C@@H](Oc1ccccc1OC)C(=O)NCc1nc(-c2cccc(Br)c2)no1. The number of hydrogen-bond acceptors (Lipinski definition) is 6. The van der Waals surface area contributed by atoms with E-state index in [0.29, 0.717) is 29.6 Å². The summed E-state index contributed by atoms with van der Waals surface area (Å²) in [5.74, 6) is 1.60. The molecule has 1 N–H and O–H groups in total. The van der Waals surface area contributed by atoms with Crippen LogP contribution in [0.4, 0.5) is 0 Å². The number of methoxy groups -OCH3 is 1. The van der Waals surface area contributed by atoms with Crippen molar-refractivity contribution < 1.29 is 18.8 Å². The molecule has 0 saturated heterocycles. The average molecular weight is 446 g/mol. The lowest BCUT2D eigenvalue weighted by Gasteiger charge is -2.18. The average Bonchev–Trinajstić information content (AvgIpc) is 3.19. The minimum atomic E-state index is -0.663. The topological polar surface area (TPSA) is 86.5 Å². The highest BCUT2D eigenvalue weighted by atomic mass is 79.9. The summed E-state index contributed by atoms with van der Waals surface area (Å²) in [5.41, 5.74) is 0.821. The number of ether oxygens (including phenoxy) is 2. The molecular formula is C20H20BrN3O4. The van der Waals surface area contributed by atoms with E-state index in [1.54, 1.807) is 19.2 Å². The van der Waals surface area contributed by atoms with Crippen LogP contribution < -0.4 is 14.8 Å². The quantitative estimate of drug-likeness (QED) is 0.564. The van der Waals surface area contributed by atoms with Gasteiger partial charge in [0.25, 0.3) is 5.91 Å². The molecule has 0 aliphatic carbocycles. The van der Waals surface area contributed by atoms with Gasteiger partial charge in [-0.15, -0.1) is 0 Å². The Labute approximate surface area is 171 Å². The van der Waals surface area contributed by atoms with Crippen molar-refractivity contribution in [3.63, 3.8) is 0 Å². The van der Waals surface area contributed by atoms with E-state index in [-0.39, 0.29) is 12.5 Å². The maximum Gasteiger partial charge on any atom is 0.261 e. The predicted molar refractivity (Wildman–Crippen MR) is 107 cm³/mol. The van der Waals surface area contributed by atoms with Crippen molar-refractivity contribution in [2.24, 2.45) is 0 Å². The summed E-state index contributed by atoms with van der Waals surface area (Å²) in [6, 6.07) is 14.8. The van der Waals surface area contributed by atoms with Gasteiger partial charge in [-0.1, -0.05) is 52.3 Å².